The molecule has 2 fully saturated rings. The Morgan fingerprint density at radius 1 is 1.35 bits per heavy atom. The summed E-state index contributed by atoms with van der Waals surface area (Å²) in [5.41, 5.74) is 0.171. The number of amides is 1. The Kier molecular flexibility index (Phi) is 4.94. The summed E-state index contributed by atoms with van der Waals surface area (Å²) in [5, 5.41) is 0.183. The van der Waals surface area contributed by atoms with Crippen LogP contribution >= 0.6 is 0 Å². The second-order valence-corrected chi connectivity index (χ2v) is 13.9. The van der Waals surface area contributed by atoms with Crippen molar-refractivity contribution in [3.8, 4) is 0 Å². The highest BCUT2D eigenvalue weighted by Gasteiger charge is 2.56. The van der Waals surface area contributed by atoms with Gasteiger partial charge in [0, 0.05) is 13.2 Å². The van der Waals surface area contributed by atoms with Crippen LogP contribution < -0.4 is 0 Å². The van der Waals surface area contributed by atoms with Gasteiger partial charge in [0.05, 0.1) is 6.04 Å². The second kappa shape index (κ2) is 6.64. The summed E-state index contributed by atoms with van der Waals surface area (Å²) in [4.78, 5) is 26.1. The number of rotatable bonds is 5. The number of hydrogen-bond acceptors (Lipinski definition) is 4. The van der Waals surface area contributed by atoms with Crippen molar-refractivity contribution < 1.29 is 18.8 Å². The molecule has 26 heavy (non-hydrogen) atoms. The molecule has 144 valence electrons. The van der Waals surface area contributed by atoms with E-state index in [1.165, 1.54) is 0 Å². The van der Waals surface area contributed by atoms with Crippen LogP contribution in [0.15, 0.2) is 23.8 Å². The standard InChI is InChI=1S/C20H31NO4Si/c1-19(2,3)26(4,5)24-13-7-8-15-14-16(22)10-11-20(15)17-9-6-12-21(17)18(23)25-20/h10-11,14,17H,6-9,12-13H2,1-5H3/t17-,20-/m1/s1. The molecule has 2 saturated heterocycles. The van der Waals surface area contributed by atoms with E-state index in [0.29, 0.717) is 13.0 Å². The summed E-state index contributed by atoms with van der Waals surface area (Å²) in [6.07, 6.45) is 8.22. The maximum Gasteiger partial charge on any atom is 0.411 e. The van der Waals surface area contributed by atoms with Gasteiger partial charge in [0.25, 0.3) is 0 Å². The van der Waals surface area contributed by atoms with Crippen LogP contribution in [0.4, 0.5) is 4.79 Å². The fourth-order valence-electron chi connectivity index (χ4n) is 3.85. The first-order valence-corrected chi connectivity index (χ1v) is 12.6. The van der Waals surface area contributed by atoms with E-state index in [-0.39, 0.29) is 23.0 Å². The van der Waals surface area contributed by atoms with Gasteiger partial charge in [-0.25, -0.2) is 4.79 Å². The molecular weight excluding hydrogens is 346 g/mol. The number of nitrogens with zero attached hydrogens (tertiary/aromatic N) is 1. The van der Waals surface area contributed by atoms with E-state index in [4.69, 9.17) is 9.16 Å². The molecule has 0 aromatic heterocycles. The Hall–Kier alpha value is -1.40. The molecule has 2 heterocycles. The van der Waals surface area contributed by atoms with Crippen molar-refractivity contribution in [3.63, 3.8) is 0 Å². The minimum atomic E-state index is -1.77. The molecule has 1 amide bonds. The first-order valence-electron chi connectivity index (χ1n) is 9.65. The number of ketones is 1. The Bertz CT molecular complexity index is 661. The minimum Gasteiger partial charge on any atom is -0.432 e. The van der Waals surface area contributed by atoms with Crippen LogP contribution in [-0.2, 0) is 14.0 Å². The second-order valence-electron chi connectivity index (χ2n) is 9.13. The molecule has 1 spiro atoms. The van der Waals surface area contributed by atoms with Gasteiger partial charge in [0.15, 0.2) is 19.7 Å². The van der Waals surface area contributed by atoms with Crippen molar-refractivity contribution in [1.82, 2.24) is 4.90 Å². The Morgan fingerprint density at radius 2 is 2.08 bits per heavy atom. The predicted molar refractivity (Wildman–Crippen MR) is 104 cm³/mol. The van der Waals surface area contributed by atoms with Gasteiger partial charge in [-0.15, -0.1) is 0 Å². The van der Waals surface area contributed by atoms with Crippen LogP contribution in [0.1, 0.15) is 46.5 Å². The van der Waals surface area contributed by atoms with Crippen molar-refractivity contribution in [3.05, 3.63) is 23.8 Å². The summed E-state index contributed by atoms with van der Waals surface area (Å²) in [7, 11) is -1.77. The summed E-state index contributed by atoms with van der Waals surface area (Å²) in [5.74, 6) is -0.0246. The van der Waals surface area contributed by atoms with Gasteiger partial charge in [-0.2, -0.15) is 0 Å². The molecule has 0 unspecified atom stereocenters. The molecule has 0 aromatic carbocycles. The van der Waals surface area contributed by atoms with E-state index in [1.54, 1.807) is 12.2 Å². The van der Waals surface area contributed by atoms with E-state index < -0.39 is 13.9 Å². The quantitative estimate of drug-likeness (QED) is 0.532. The van der Waals surface area contributed by atoms with Crippen molar-refractivity contribution in [2.45, 2.75) is 76.2 Å². The summed E-state index contributed by atoms with van der Waals surface area (Å²) in [6.45, 7) is 12.6. The third-order valence-electron chi connectivity index (χ3n) is 6.41. The zero-order valence-corrected chi connectivity index (χ0v) is 17.6. The number of carbonyl (C=O) groups excluding carboxylic acids is 2. The van der Waals surface area contributed by atoms with E-state index >= 15 is 0 Å². The molecule has 3 aliphatic rings. The van der Waals surface area contributed by atoms with Gasteiger partial charge in [0.1, 0.15) is 0 Å². The lowest BCUT2D eigenvalue weighted by molar-refractivity contribution is -0.110. The van der Waals surface area contributed by atoms with Crippen LogP contribution in [0, 0.1) is 0 Å². The molecule has 0 N–H and O–H groups in total. The maximum atomic E-state index is 12.3. The molecule has 0 bridgehead atoms. The van der Waals surface area contributed by atoms with Gasteiger partial charge in [-0.05, 0) is 67.6 Å². The number of hydrogen-bond donors (Lipinski definition) is 0. The largest absolute Gasteiger partial charge is 0.432 e. The van der Waals surface area contributed by atoms with Crippen LogP contribution in [-0.4, -0.2) is 49.9 Å². The van der Waals surface area contributed by atoms with Gasteiger partial charge < -0.3 is 14.1 Å². The molecule has 3 rings (SSSR count). The van der Waals surface area contributed by atoms with E-state index in [2.05, 4.69) is 33.9 Å². The third kappa shape index (κ3) is 3.29. The monoisotopic (exact) mass is 377 g/mol. The summed E-state index contributed by atoms with van der Waals surface area (Å²) < 4.78 is 12.1. The fraction of sp³-hybridized carbons (Fsp3) is 0.700. The molecule has 0 radical (unpaired) electrons. The van der Waals surface area contributed by atoms with E-state index in [1.807, 2.05) is 11.0 Å². The van der Waals surface area contributed by atoms with Gasteiger partial charge in [0.2, 0.25) is 0 Å². The smallest absolute Gasteiger partial charge is 0.411 e. The predicted octanol–water partition coefficient (Wildman–Crippen LogP) is 4.21. The highest BCUT2D eigenvalue weighted by atomic mass is 28.4. The number of carbonyl (C=O) groups is 2. The molecule has 0 saturated carbocycles. The first kappa shape index (κ1) is 19.4. The van der Waals surface area contributed by atoms with E-state index in [0.717, 1.165) is 31.4 Å². The first-order chi connectivity index (χ1) is 12.1. The summed E-state index contributed by atoms with van der Waals surface area (Å²) in [6, 6.07) is 0.0203. The molecular formula is C20H31NO4Si. The highest BCUT2D eigenvalue weighted by Crippen LogP contribution is 2.45. The molecule has 5 nitrogen and oxygen atoms in total. The topological polar surface area (TPSA) is 55.8 Å². The zero-order chi connectivity index (χ0) is 19.2. The Morgan fingerprint density at radius 3 is 2.77 bits per heavy atom. The SMILES string of the molecule is CC(C)(C)[Si](C)(C)OCCCC1=CC(=O)C=C[C@@]12OC(=O)N1CCC[C@@H]12. The number of ether oxygens (including phenoxy) is 1. The molecule has 2 aliphatic heterocycles. The number of allylic oxidation sites excluding steroid dienone is 2. The highest BCUT2D eigenvalue weighted by molar-refractivity contribution is 6.74. The van der Waals surface area contributed by atoms with Gasteiger partial charge in [-0.3, -0.25) is 4.79 Å². The lowest BCUT2D eigenvalue weighted by Crippen LogP contribution is -2.44. The lowest BCUT2D eigenvalue weighted by Gasteiger charge is -2.36. The zero-order valence-electron chi connectivity index (χ0n) is 16.6. The lowest BCUT2D eigenvalue weighted by atomic mass is 9.79. The molecule has 6 heteroatoms. The van der Waals surface area contributed by atoms with Crippen LogP contribution in [0.25, 0.3) is 0 Å². The third-order valence-corrected chi connectivity index (χ3v) is 10.9. The fourth-order valence-corrected chi connectivity index (χ4v) is 4.93. The Labute approximate surface area is 157 Å². The van der Waals surface area contributed by atoms with Crippen molar-refractivity contribution >= 4 is 20.2 Å². The van der Waals surface area contributed by atoms with Crippen LogP contribution in [0.2, 0.25) is 18.1 Å². The minimum absolute atomic E-state index is 0.0203. The average molecular weight is 378 g/mol. The maximum absolute atomic E-state index is 12.3. The molecule has 1 aliphatic carbocycles. The van der Waals surface area contributed by atoms with Crippen molar-refractivity contribution in [2.24, 2.45) is 0 Å². The van der Waals surface area contributed by atoms with Gasteiger partial charge in [-0.1, -0.05) is 20.8 Å². The molecule has 2 atom stereocenters. The average Bonchev–Trinajstić information content (AvgIpc) is 3.11. The molecule has 0 aromatic rings. The normalized spacial score (nSPS) is 28.6. The summed E-state index contributed by atoms with van der Waals surface area (Å²) >= 11 is 0. The number of fused-ring (bicyclic) bond motifs is 2. The van der Waals surface area contributed by atoms with Gasteiger partial charge >= 0.3 is 6.09 Å². The van der Waals surface area contributed by atoms with Crippen molar-refractivity contribution in [1.29, 1.82) is 0 Å². The Balaban J connectivity index is 1.68. The van der Waals surface area contributed by atoms with E-state index in [9.17, 15) is 9.59 Å². The van der Waals surface area contributed by atoms with Crippen molar-refractivity contribution in [2.75, 3.05) is 13.2 Å². The van der Waals surface area contributed by atoms with Crippen LogP contribution in [0.5, 0.6) is 0 Å². The van der Waals surface area contributed by atoms with Crippen LogP contribution in [0.3, 0.4) is 0 Å².